The number of anilines is 2. The first-order valence-electron chi connectivity index (χ1n) is 8.96. The Morgan fingerprint density at radius 1 is 1.26 bits per heavy atom. The largest absolute Gasteiger partial charge is 0.382 e. The molecule has 0 fully saturated rings. The molecule has 4 aromatic rings. The summed E-state index contributed by atoms with van der Waals surface area (Å²) in [6.07, 6.45) is -0.576. The lowest BCUT2D eigenvalue weighted by Gasteiger charge is -2.14. The number of aliphatic hydroxyl groups excluding tert-OH is 1. The SMILES string of the molecule is Cc1nn(-c2ccc(NC(=O)[C@H](O)c3cccc(F)c3F)cc2Cl)c2c(N)ncnc12. The maximum absolute atomic E-state index is 13.9. The van der Waals surface area contributed by atoms with E-state index in [0.717, 1.165) is 12.1 Å². The van der Waals surface area contributed by atoms with Gasteiger partial charge in [-0.25, -0.2) is 23.4 Å². The van der Waals surface area contributed by atoms with Gasteiger partial charge in [0.05, 0.1) is 16.4 Å². The molecular weight excluding hydrogens is 430 g/mol. The van der Waals surface area contributed by atoms with Crippen molar-refractivity contribution in [3.05, 3.63) is 70.6 Å². The number of aromatic nitrogens is 4. The van der Waals surface area contributed by atoms with Crippen LogP contribution >= 0.6 is 11.6 Å². The van der Waals surface area contributed by atoms with Crippen molar-refractivity contribution in [2.75, 3.05) is 11.1 Å². The van der Waals surface area contributed by atoms with Gasteiger partial charge >= 0.3 is 0 Å². The lowest BCUT2D eigenvalue weighted by atomic mass is 10.1. The molecule has 0 spiro atoms. The topological polar surface area (TPSA) is 119 Å². The molecule has 1 atom stereocenters. The molecule has 11 heteroatoms. The van der Waals surface area contributed by atoms with Crippen LogP contribution < -0.4 is 11.1 Å². The number of nitrogens with zero attached hydrogens (tertiary/aromatic N) is 4. The summed E-state index contributed by atoms with van der Waals surface area (Å²) in [5, 5.41) is 17.1. The van der Waals surface area contributed by atoms with Crippen LogP contribution in [0.15, 0.2) is 42.7 Å². The predicted molar refractivity (Wildman–Crippen MR) is 111 cm³/mol. The van der Waals surface area contributed by atoms with Crippen LogP contribution in [0.1, 0.15) is 17.4 Å². The van der Waals surface area contributed by atoms with Crippen molar-refractivity contribution < 1.29 is 18.7 Å². The predicted octanol–water partition coefficient (Wildman–Crippen LogP) is 3.31. The number of aryl methyl sites for hydroxylation is 1. The van der Waals surface area contributed by atoms with Gasteiger partial charge in [-0.2, -0.15) is 5.10 Å². The molecule has 1 amide bonds. The fourth-order valence-corrected chi connectivity index (χ4v) is 3.39. The molecule has 0 aliphatic heterocycles. The number of nitrogens with two attached hydrogens (primary N) is 1. The minimum Gasteiger partial charge on any atom is -0.382 e. The summed E-state index contributed by atoms with van der Waals surface area (Å²) in [7, 11) is 0. The number of rotatable bonds is 4. The molecule has 2 heterocycles. The summed E-state index contributed by atoms with van der Waals surface area (Å²) < 4.78 is 28.7. The second-order valence-corrected chi connectivity index (χ2v) is 7.06. The Balaban J connectivity index is 1.63. The minimum absolute atomic E-state index is 0.205. The molecule has 2 aromatic carbocycles. The summed E-state index contributed by atoms with van der Waals surface area (Å²) in [6.45, 7) is 1.76. The summed E-state index contributed by atoms with van der Waals surface area (Å²) in [5.41, 5.74) is 7.85. The number of halogens is 3. The van der Waals surface area contributed by atoms with Crippen molar-refractivity contribution in [1.82, 2.24) is 19.7 Å². The zero-order valence-corrected chi connectivity index (χ0v) is 16.7. The lowest BCUT2D eigenvalue weighted by Crippen LogP contribution is -2.22. The highest BCUT2D eigenvalue weighted by Crippen LogP contribution is 2.30. The Labute approximate surface area is 179 Å². The van der Waals surface area contributed by atoms with Gasteiger partial charge in [-0.3, -0.25) is 4.79 Å². The van der Waals surface area contributed by atoms with E-state index in [1.165, 1.54) is 29.2 Å². The summed E-state index contributed by atoms with van der Waals surface area (Å²) in [5.74, 6) is -3.19. The van der Waals surface area contributed by atoms with Crippen molar-refractivity contribution in [3.63, 3.8) is 0 Å². The second kappa shape index (κ2) is 7.89. The van der Waals surface area contributed by atoms with E-state index in [0.29, 0.717) is 22.4 Å². The minimum atomic E-state index is -1.91. The Morgan fingerprint density at radius 2 is 2.03 bits per heavy atom. The van der Waals surface area contributed by atoms with E-state index < -0.39 is 29.2 Å². The zero-order chi connectivity index (χ0) is 22.3. The average Bonchev–Trinajstić information content (AvgIpc) is 3.07. The lowest BCUT2D eigenvalue weighted by molar-refractivity contribution is -0.124. The molecule has 0 saturated heterocycles. The van der Waals surface area contributed by atoms with E-state index in [1.807, 2.05) is 0 Å². The fourth-order valence-electron chi connectivity index (χ4n) is 3.13. The molecule has 0 unspecified atom stereocenters. The van der Waals surface area contributed by atoms with Crippen LogP contribution in [0.5, 0.6) is 0 Å². The highest BCUT2D eigenvalue weighted by Gasteiger charge is 2.23. The molecule has 0 bridgehead atoms. The number of amides is 1. The number of nitrogens with one attached hydrogen (secondary N) is 1. The van der Waals surface area contributed by atoms with Crippen LogP contribution in [0.4, 0.5) is 20.3 Å². The summed E-state index contributed by atoms with van der Waals surface area (Å²) in [4.78, 5) is 20.5. The van der Waals surface area contributed by atoms with Crippen LogP contribution in [-0.4, -0.2) is 30.8 Å². The fraction of sp³-hybridized carbons (Fsp3) is 0.100. The molecule has 0 saturated carbocycles. The molecule has 2 aromatic heterocycles. The van der Waals surface area contributed by atoms with Gasteiger partial charge in [0.15, 0.2) is 23.6 Å². The van der Waals surface area contributed by atoms with E-state index in [-0.39, 0.29) is 16.5 Å². The number of benzene rings is 2. The van der Waals surface area contributed by atoms with Gasteiger partial charge in [0.2, 0.25) is 0 Å². The number of fused-ring (bicyclic) bond motifs is 1. The standard InChI is InChI=1S/C20H15ClF2N6O2/c1-9-16-17(19(24)26-8-25-16)29(28-9)14-6-5-10(7-12(14)21)27-20(31)18(30)11-3-2-4-13(22)15(11)23/h2-8,18,30H,1H3,(H,27,31)(H2,24,25,26)/t18-/m1/s1. The highest BCUT2D eigenvalue weighted by atomic mass is 35.5. The first-order valence-corrected chi connectivity index (χ1v) is 9.34. The number of nitrogen functional groups attached to an aromatic ring is 1. The number of carbonyl (C=O) groups is 1. The molecule has 4 N–H and O–H groups in total. The number of hydrogen-bond donors (Lipinski definition) is 3. The first-order chi connectivity index (χ1) is 14.8. The Morgan fingerprint density at radius 3 is 2.77 bits per heavy atom. The van der Waals surface area contributed by atoms with E-state index in [9.17, 15) is 18.7 Å². The zero-order valence-electron chi connectivity index (χ0n) is 16.0. The molecule has 158 valence electrons. The maximum Gasteiger partial charge on any atom is 0.257 e. The normalized spacial score (nSPS) is 12.2. The van der Waals surface area contributed by atoms with Gasteiger partial charge in [0.25, 0.3) is 5.91 Å². The summed E-state index contributed by atoms with van der Waals surface area (Å²) >= 11 is 6.39. The Hall–Kier alpha value is -3.63. The van der Waals surface area contributed by atoms with E-state index in [4.69, 9.17) is 17.3 Å². The van der Waals surface area contributed by atoms with Crippen LogP contribution in [0, 0.1) is 18.6 Å². The molecular formula is C20H15ClF2N6O2. The average molecular weight is 445 g/mol. The van der Waals surface area contributed by atoms with Crippen molar-refractivity contribution >= 4 is 40.0 Å². The van der Waals surface area contributed by atoms with Gasteiger partial charge in [-0.15, -0.1) is 0 Å². The monoisotopic (exact) mass is 444 g/mol. The third-order valence-corrected chi connectivity index (χ3v) is 4.93. The van der Waals surface area contributed by atoms with Crippen LogP contribution in [0.3, 0.4) is 0 Å². The van der Waals surface area contributed by atoms with Gasteiger partial charge in [-0.05, 0) is 31.2 Å². The molecule has 0 aliphatic rings. The third-order valence-electron chi connectivity index (χ3n) is 4.62. The molecule has 0 radical (unpaired) electrons. The number of aliphatic hydroxyl groups is 1. The first kappa shape index (κ1) is 20.6. The second-order valence-electron chi connectivity index (χ2n) is 6.65. The van der Waals surface area contributed by atoms with E-state index in [1.54, 1.807) is 13.0 Å². The van der Waals surface area contributed by atoms with E-state index in [2.05, 4.69) is 20.4 Å². The van der Waals surface area contributed by atoms with Crippen molar-refractivity contribution in [1.29, 1.82) is 0 Å². The number of carbonyl (C=O) groups excluding carboxylic acids is 1. The van der Waals surface area contributed by atoms with Crippen LogP contribution in [-0.2, 0) is 4.79 Å². The Kier molecular flexibility index (Phi) is 5.25. The molecule has 0 aliphatic carbocycles. The Bertz CT molecular complexity index is 1330. The molecule has 31 heavy (non-hydrogen) atoms. The third kappa shape index (κ3) is 3.66. The van der Waals surface area contributed by atoms with Gasteiger partial charge < -0.3 is 16.2 Å². The highest BCUT2D eigenvalue weighted by molar-refractivity contribution is 6.32. The van der Waals surface area contributed by atoms with Crippen molar-refractivity contribution in [3.8, 4) is 5.69 Å². The van der Waals surface area contributed by atoms with Crippen molar-refractivity contribution in [2.45, 2.75) is 13.0 Å². The van der Waals surface area contributed by atoms with E-state index >= 15 is 0 Å². The molecule has 8 nitrogen and oxygen atoms in total. The summed E-state index contributed by atoms with van der Waals surface area (Å²) in [6, 6.07) is 7.72. The quantitative estimate of drug-likeness (QED) is 0.444. The van der Waals surface area contributed by atoms with Crippen LogP contribution in [0.25, 0.3) is 16.7 Å². The van der Waals surface area contributed by atoms with Crippen LogP contribution in [0.2, 0.25) is 5.02 Å². The number of hydrogen-bond acceptors (Lipinski definition) is 6. The maximum atomic E-state index is 13.9. The van der Waals surface area contributed by atoms with Gasteiger partial charge in [0, 0.05) is 11.3 Å². The van der Waals surface area contributed by atoms with Gasteiger partial charge in [0.1, 0.15) is 17.4 Å². The van der Waals surface area contributed by atoms with Gasteiger partial charge in [-0.1, -0.05) is 23.7 Å². The van der Waals surface area contributed by atoms with Crippen molar-refractivity contribution in [2.24, 2.45) is 0 Å². The smallest absolute Gasteiger partial charge is 0.257 e. The molecule has 4 rings (SSSR count).